The summed E-state index contributed by atoms with van der Waals surface area (Å²) in [5.74, 6) is 1.57. The number of Topliss-reactive ketones (excluding diaryl/α,β-unsaturated/α-hetero) is 1. The van der Waals surface area contributed by atoms with Gasteiger partial charge >= 0.3 is 0 Å². The summed E-state index contributed by atoms with van der Waals surface area (Å²) in [6.07, 6.45) is 10.9. The van der Waals surface area contributed by atoms with Crippen LogP contribution in [0.15, 0.2) is 48.9 Å². The van der Waals surface area contributed by atoms with Crippen molar-refractivity contribution in [3.63, 3.8) is 0 Å². The van der Waals surface area contributed by atoms with Gasteiger partial charge in [0.05, 0.1) is 12.2 Å². The molecule has 302 valence electrons. The van der Waals surface area contributed by atoms with Crippen LogP contribution in [0.25, 0.3) is 0 Å². The number of carbonyl (C=O) groups is 2. The number of piperidine rings is 1. The Morgan fingerprint density at radius 1 is 0.963 bits per heavy atom. The van der Waals surface area contributed by atoms with E-state index >= 15 is 0 Å². The number of rotatable bonds is 17. The van der Waals surface area contributed by atoms with E-state index in [1.54, 1.807) is 0 Å². The largest absolute Gasteiger partial charge is 0.490 e. The van der Waals surface area contributed by atoms with Gasteiger partial charge in [0.15, 0.2) is 11.7 Å². The summed E-state index contributed by atoms with van der Waals surface area (Å²) in [5, 5.41) is 3.23. The van der Waals surface area contributed by atoms with Gasteiger partial charge in [-0.1, -0.05) is 38.1 Å². The number of fused-ring (bicyclic) bond motifs is 1. The molecule has 0 aliphatic carbocycles. The van der Waals surface area contributed by atoms with E-state index in [9.17, 15) is 9.59 Å². The van der Waals surface area contributed by atoms with Crippen LogP contribution < -0.4 is 15.0 Å². The number of ether oxygens (including phenoxy) is 3. The molecule has 2 aromatic rings. The van der Waals surface area contributed by atoms with Crippen LogP contribution >= 0.6 is 0 Å². The fourth-order valence-electron chi connectivity index (χ4n) is 7.66. The zero-order valence-electron chi connectivity index (χ0n) is 34.7. The van der Waals surface area contributed by atoms with Gasteiger partial charge in [-0.15, -0.1) is 0 Å². The number of unbranched alkanes of at least 4 members (excludes halogenated alkanes) is 1. The van der Waals surface area contributed by atoms with Crippen LogP contribution in [0.3, 0.4) is 0 Å². The molecule has 0 aromatic heterocycles. The summed E-state index contributed by atoms with van der Waals surface area (Å²) in [6, 6.07) is 13.7. The minimum Gasteiger partial charge on any atom is -0.490 e. The van der Waals surface area contributed by atoms with Crippen molar-refractivity contribution in [3.8, 4) is 5.75 Å². The Balaban J connectivity index is 0.000000248. The van der Waals surface area contributed by atoms with Crippen molar-refractivity contribution in [3.05, 3.63) is 65.6 Å². The second-order valence-electron chi connectivity index (χ2n) is 14.9. The highest BCUT2D eigenvalue weighted by molar-refractivity contribution is 5.76. The predicted molar refractivity (Wildman–Crippen MR) is 223 cm³/mol. The summed E-state index contributed by atoms with van der Waals surface area (Å²) < 4.78 is 16.4. The Hall–Kier alpha value is -3.76. The first-order chi connectivity index (χ1) is 26.1. The minimum absolute atomic E-state index is 0.0134. The van der Waals surface area contributed by atoms with Crippen LogP contribution in [0.1, 0.15) is 88.8 Å². The number of likely N-dealkylation sites (N-methyl/N-ethyl adjacent to an activating group) is 1. The molecule has 0 spiro atoms. The second-order valence-corrected chi connectivity index (χ2v) is 14.9. The number of aryl methyl sites for hydroxylation is 3. The molecular weight excluding hydrogens is 679 g/mol. The fraction of sp³-hybridized carbons (Fsp3) is 0.636. The van der Waals surface area contributed by atoms with Crippen molar-refractivity contribution >= 4 is 23.6 Å². The Bertz CT molecular complexity index is 1400. The zero-order valence-corrected chi connectivity index (χ0v) is 34.7. The highest BCUT2D eigenvalue weighted by atomic mass is 16.5. The summed E-state index contributed by atoms with van der Waals surface area (Å²) in [5.41, 5.74) is 6.31. The number of carbonyl (C=O) groups excluding carboxylic acids is 2. The van der Waals surface area contributed by atoms with E-state index < -0.39 is 0 Å². The molecule has 1 amide bonds. The Morgan fingerprint density at radius 3 is 2.28 bits per heavy atom. The summed E-state index contributed by atoms with van der Waals surface area (Å²) in [6.45, 7) is 22.9. The lowest BCUT2D eigenvalue weighted by atomic mass is 10.0. The number of benzene rings is 2. The predicted octanol–water partition coefficient (Wildman–Crippen LogP) is 7.47. The third-order valence-corrected chi connectivity index (χ3v) is 10.5. The molecule has 2 fully saturated rings. The Labute approximate surface area is 327 Å². The first kappa shape index (κ1) is 44.6. The third kappa shape index (κ3) is 14.8. The van der Waals surface area contributed by atoms with E-state index in [2.05, 4.69) is 91.7 Å². The third-order valence-electron chi connectivity index (χ3n) is 10.5. The van der Waals surface area contributed by atoms with Gasteiger partial charge in [-0.05, 0) is 127 Å². The lowest BCUT2D eigenvalue weighted by molar-refractivity contribution is -0.123. The average Bonchev–Trinajstić information content (AvgIpc) is 3.18. The quantitative estimate of drug-likeness (QED) is 0.101. The summed E-state index contributed by atoms with van der Waals surface area (Å²) in [4.78, 5) is 31.5. The number of hydrogen-bond acceptors (Lipinski definition) is 9. The van der Waals surface area contributed by atoms with Crippen molar-refractivity contribution in [2.24, 2.45) is 0 Å². The number of para-hydroxylation sites is 1. The highest BCUT2D eigenvalue weighted by Crippen LogP contribution is 2.34. The molecule has 3 heterocycles. The molecule has 0 unspecified atom stereocenters. The number of nitrogens with zero attached hydrogens (tertiary/aromatic N) is 4. The number of nitrogens with one attached hydrogen (secondary N) is 1. The van der Waals surface area contributed by atoms with E-state index in [1.165, 1.54) is 73.8 Å². The van der Waals surface area contributed by atoms with E-state index in [1.807, 2.05) is 18.0 Å². The van der Waals surface area contributed by atoms with E-state index in [0.29, 0.717) is 5.88 Å². The van der Waals surface area contributed by atoms with Crippen molar-refractivity contribution in [1.82, 2.24) is 14.7 Å². The standard InChI is InChI=1S/C22H33N3O3.C11H15NO.C11H23NO/c1-18(27)16-28-19(2)24-14-11-21(12-15-24)25(17-26)13-7-6-9-20-8-4-5-10-22(20)23-3;1-8-6-9(2)11-10(7-8)13-5-4-12(11)3;1-3-7-12(8-4-2)11-5-9-13-10-6-11/h4-5,8,10,17,21,23H,2,6-7,9,11-16H2,1,3H3;6-7H,4-5H2,1-3H3;11H,3-10H2,1-2H3. The maximum atomic E-state index is 11.6. The van der Waals surface area contributed by atoms with E-state index in [-0.39, 0.29) is 18.4 Å². The number of hydrogen-bond donors (Lipinski definition) is 1. The second kappa shape index (κ2) is 24.6. The molecule has 0 radical (unpaired) electrons. The lowest BCUT2D eigenvalue weighted by Crippen LogP contribution is -2.44. The fourth-order valence-corrected chi connectivity index (χ4v) is 7.66. The van der Waals surface area contributed by atoms with Gasteiger partial charge in [0.2, 0.25) is 6.41 Å². The van der Waals surface area contributed by atoms with Crippen LogP contribution in [0.2, 0.25) is 0 Å². The molecule has 0 atom stereocenters. The normalized spacial score (nSPS) is 15.9. The molecule has 5 rings (SSSR count). The molecule has 3 aliphatic heterocycles. The van der Waals surface area contributed by atoms with Gasteiger partial charge in [0.1, 0.15) is 19.0 Å². The summed E-state index contributed by atoms with van der Waals surface area (Å²) >= 11 is 0. The molecule has 10 nitrogen and oxygen atoms in total. The van der Waals surface area contributed by atoms with Gasteiger partial charge in [0.25, 0.3) is 0 Å². The van der Waals surface area contributed by atoms with Crippen LogP contribution in [-0.4, -0.2) is 119 Å². The van der Waals surface area contributed by atoms with E-state index in [4.69, 9.17) is 14.2 Å². The van der Waals surface area contributed by atoms with Gasteiger partial charge in [-0.25, -0.2) is 0 Å². The Morgan fingerprint density at radius 2 is 1.65 bits per heavy atom. The molecule has 0 saturated carbocycles. The van der Waals surface area contributed by atoms with Crippen molar-refractivity contribution in [2.45, 2.75) is 104 Å². The molecule has 0 bridgehead atoms. The maximum Gasteiger partial charge on any atom is 0.209 e. The first-order valence-corrected chi connectivity index (χ1v) is 20.4. The van der Waals surface area contributed by atoms with Crippen LogP contribution in [0.5, 0.6) is 5.75 Å². The van der Waals surface area contributed by atoms with Gasteiger partial charge < -0.3 is 39.1 Å². The molecule has 3 aliphatic rings. The number of amides is 1. The van der Waals surface area contributed by atoms with Gasteiger partial charge in [0, 0.05) is 64.7 Å². The molecule has 2 saturated heterocycles. The SMILES string of the molecule is C=C(OCC(C)=O)N1CCC(N(C=O)CCCCc2ccccc2NC)CC1.CCCN(CCC)C1CCOCC1.Cc1cc(C)c2c(c1)OCCN2C. The molecular formula is C44H71N5O5. The van der Waals surface area contributed by atoms with E-state index in [0.717, 1.165) is 96.3 Å². The zero-order chi connectivity index (χ0) is 39.3. The van der Waals surface area contributed by atoms with Gasteiger partial charge in [-0.3, -0.25) is 9.59 Å². The van der Waals surface area contributed by atoms with Gasteiger partial charge in [-0.2, -0.15) is 0 Å². The minimum atomic E-state index is -0.0134. The maximum absolute atomic E-state index is 11.6. The first-order valence-electron chi connectivity index (χ1n) is 20.4. The topological polar surface area (TPSA) is 86.8 Å². The van der Waals surface area contributed by atoms with Crippen molar-refractivity contribution in [1.29, 1.82) is 0 Å². The number of anilines is 2. The average molecular weight is 750 g/mol. The molecule has 10 heteroatoms. The number of likely N-dealkylation sites (tertiary alicyclic amines) is 1. The summed E-state index contributed by atoms with van der Waals surface area (Å²) in [7, 11) is 4.06. The monoisotopic (exact) mass is 750 g/mol. The molecule has 1 N–H and O–H groups in total. The highest BCUT2D eigenvalue weighted by Gasteiger charge is 2.25. The molecule has 2 aromatic carbocycles. The smallest absolute Gasteiger partial charge is 0.209 e. The molecule has 54 heavy (non-hydrogen) atoms. The van der Waals surface area contributed by atoms with Crippen molar-refractivity contribution in [2.75, 3.05) is 90.0 Å². The van der Waals surface area contributed by atoms with Crippen LogP contribution in [0, 0.1) is 13.8 Å². The Kier molecular flexibility index (Phi) is 20.3. The van der Waals surface area contributed by atoms with Crippen molar-refractivity contribution < 1.29 is 23.8 Å². The van der Waals surface area contributed by atoms with Crippen LogP contribution in [0.4, 0.5) is 11.4 Å². The lowest BCUT2D eigenvalue weighted by Gasteiger charge is -2.38. The number of ketones is 1. The van der Waals surface area contributed by atoms with Crippen LogP contribution in [-0.2, 0) is 25.5 Å².